The van der Waals surface area contributed by atoms with Crippen molar-refractivity contribution < 1.29 is 0 Å². The molecule has 1 heterocycles. The van der Waals surface area contributed by atoms with Crippen molar-refractivity contribution in [2.75, 3.05) is 13.1 Å². The highest BCUT2D eigenvalue weighted by atomic mass is 35.5. The fourth-order valence-corrected chi connectivity index (χ4v) is 1.92. The Balaban J connectivity index is 2.55. The Morgan fingerprint density at radius 1 is 1.46 bits per heavy atom. The molecule has 1 fully saturated rings. The lowest BCUT2D eigenvalue weighted by atomic mass is 10.0. The Morgan fingerprint density at radius 2 is 2.15 bits per heavy atom. The summed E-state index contributed by atoms with van der Waals surface area (Å²) in [6.45, 7) is 8.76. The van der Waals surface area contributed by atoms with Crippen molar-refractivity contribution in [3.8, 4) is 0 Å². The fraction of sp³-hybridized carbons (Fsp3) is 0.800. The van der Waals surface area contributed by atoms with Gasteiger partial charge in [0.2, 0.25) is 0 Å². The summed E-state index contributed by atoms with van der Waals surface area (Å²) in [6.07, 6.45) is 2.01. The zero-order valence-electron chi connectivity index (χ0n) is 8.63. The monoisotopic (exact) mass is 202 g/mol. The molecular weight excluding hydrogens is 184 g/mol. The molecule has 0 amide bonds. The van der Waals surface area contributed by atoms with E-state index < -0.39 is 0 Å². The summed E-state index contributed by atoms with van der Waals surface area (Å²) in [5, 5.41) is 3.49. The van der Waals surface area contributed by atoms with Crippen LogP contribution in [0, 0.1) is 0 Å². The lowest BCUT2D eigenvalue weighted by Crippen LogP contribution is -2.59. The zero-order valence-corrected chi connectivity index (χ0v) is 9.38. The van der Waals surface area contributed by atoms with Crippen molar-refractivity contribution >= 4 is 11.6 Å². The Kier molecular flexibility index (Phi) is 4.23. The summed E-state index contributed by atoms with van der Waals surface area (Å²) >= 11 is 5.53. The van der Waals surface area contributed by atoms with Crippen LogP contribution in [0.5, 0.6) is 0 Å². The molecule has 1 aliphatic rings. The minimum absolute atomic E-state index is 0.569. The van der Waals surface area contributed by atoms with E-state index in [9.17, 15) is 0 Å². The molecule has 3 atom stereocenters. The van der Waals surface area contributed by atoms with Gasteiger partial charge in [-0.1, -0.05) is 17.7 Å². The van der Waals surface area contributed by atoms with Gasteiger partial charge in [0, 0.05) is 36.8 Å². The topological polar surface area (TPSA) is 15.3 Å². The van der Waals surface area contributed by atoms with Gasteiger partial charge in [-0.15, -0.1) is 0 Å². The lowest BCUT2D eigenvalue weighted by Gasteiger charge is -2.42. The van der Waals surface area contributed by atoms with Crippen LogP contribution in [0.15, 0.2) is 11.6 Å². The maximum atomic E-state index is 5.53. The maximum Gasteiger partial charge on any atom is 0.0225 e. The highest BCUT2D eigenvalue weighted by molar-refractivity contribution is 6.25. The standard InChI is InChI=1S/C10H19ClN2/c1-8-7-12-9(2)10(3)13(8)6-4-5-11/h4-5,8-10,12H,6-7H2,1-3H3/b5-4+. The highest BCUT2D eigenvalue weighted by Gasteiger charge is 2.28. The second-order valence-corrected chi connectivity index (χ2v) is 4.10. The number of rotatable bonds is 2. The molecule has 0 aliphatic carbocycles. The van der Waals surface area contributed by atoms with E-state index in [0.717, 1.165) is 13.1 Å². The van der Waals surface area contributed by atoms with E-state index in [0.29, 0.717) is 18.1 Å². The molecule has 76 valence electrons. The third-order valence-corrected chi connectivity index (χ3v) is 3.13. The number of nitrogens with zero attached hydrogens (tertiary/aromatic N) is 1. The van der Waals surface area contributed by atoms with E-state index in [4.69, 9.17) is 11.6 Å². The molecule has 1 saturated heterocycles. The molecule has 1 rings (SSSR count). The maximum absolute atomic E-state index is 5.53. The van der Waals surface area contributed by atoms with E-state index in [1.807, 2.05) is 6.08 Å². The number of halogens is 1. The van der Waals surface area contributed by atoms with E-state index in [2.05, 4.69) is 31.0 Å². The van der Waals surface area contributed by atoms with Gasteiger partial charge >= 0.3 is 0 Å². The predicted molar refractivity (Wildman–Crippen MR) is 58.1 cm³/mol. The van der Waals surface area contributed by atoms with Crippen LogP contribution < -0.4 is 5.32 Å². The summed E-state index contributed by atoms with van der Waals surface area (Å²) in [6, 6.07) is 1.75. The van der Waals surface area contributed by atoms with E-state index >= 15 is 0 Å². The number of hydrogen-bond acceptors (Lipinski definition) is 2. The van der Waals surface area contributed by atoms with Gasteiger partial charge in [-0.05, 0) is 20.8 Å². The van der Waals surface area contributed by atoms with Gasteiger partial charge < -0.3 is 5.32 Å². The van der Waals surface area contributed by atoms with Gasteiger partial charge in [0.05, 0.1) is 0 Å². The Morgan fingerprint density at radius 3 is 2.77 bits per heavy atom. The summed E-state index contributed by atoms with van der Waals surface area (Å²) < 4.78 is 0. The van der Waals surface area contributed by atoms with Gasteiger partial charge in [-0.25, -0.2) is 0 Å². The minimum atomic E-state index is 0.569. The molecule has 0 aromatic heterocycles. The highest BCUT2D eigenvalue weighted by Crippen LogP contribution is 2.13. The van der Waals surface area contributed by atoms with Crippen LogP contribution in [0.25, 0.3) is 0 Å². The van der Waals surface area contributed by atoms with Gasteiger partial charge in [0.25, 0.3) is 0 Å². The third-order valence-electron chi connectivity index (χ3n) is 2.95. The summed E-state index contributed by atoms with van der Waals surface area (Å²) in [4.78, 5) is 2.47. The van der Waals surface area contributed by atoms with Crippen molar-refractivity contribution in [3.63, 3.8) is 0 Å². The van der Waals surface area contributed by atoms with Crippen molar-refractivity contribution in [1.82, 2.24) is 10.2 Å². The van der Waals surface area contributed by atoms with Crippen LogP contribution in [0.2, 0.25) is 0 Å². The normalized spacial score (nSPS) is 37.1. The molecule has 0 bridgehead atoms. The third kappa shape index (κ3) is 2.70. The molecule has 0 spiro atoms. The van der Waals surface area contributed by atoms with E-state index in [1.54, 1.807) is 5.54 Å². The van der Waals surface area contributed by atoms with E-state index in [-0.39, 0.29) is 0 Å². The smallest absolute Gasteiger partial charge is 0.0225 e. The Bertz CT molecular complexity index is 182. The number of nitrogens with one attached hydrogen (secondary N) is 1. The van der Waals surface area contributed by atoms with Crippen LogP contribution in [-0.2, 0) is 0 Å². The van der Waals surface area contributed by atoms with Gasteiger partial charge in [0.15, 0.2) is 0 Å². The Labute approximate surface area is 85.9 Å². The van der Waals surface area contributed by atoms with E-state index in [1.165, 1.54) is 0 Å². The molecule has 1 N–H and O–H groups in total. The molecule has 3 unspecified atom stereocenters. The molecule has 0 aromatic rings. The van der Waals surface area contributed by atoms with Crippen LogP contribution >= 0.6 is 11.6 Å². The quantitative estimate of drug-likeness (QED) is 0.735. The first-order valence-corrected chi connectivity index (χ1v) is 5.34. The fourth-order valence-electron chi connectivity index (χ4n) is 1.84. The largest absolute Gasteiger partial charge is 0.311 e. The predicted octanol–water partition coefficient (Wildman–Crippen LogP) is 1.81. The first-order valence-electron chi connectivity index (χ1n) is 4.91. The molecule has 0 aromatic carbocycles. The summed E-state index contributed by atoms with van der Waals surface area (Å²) in [7, 11) is 0. The molecule has 2 nitrogen and oxygen atoms in total. The van der Waals surface area contributed by atoms with Crippen LogP contribution in [0.4, 0.5) is 0 Å². The van der Waals surface area contributed by atoms with Crippen molar-refractivity contribution in [2.24, 2.45) is 0 Å². The van der Waals surface area contributed by atoms with Crippen LogP contribution in [-0.4, -0.2) is 36.1 Å². The first kappa shape index (κ1) is 11.0. The molecule has 0 radical (unpaired) electrons. The van der Waals surface area contributed by atoms with Crippen LogP contribution in [0.1, 0.15) is 20.8 Å². The first-order chi connectivity index (χ1) is 6.16. The molecule has 0 saturated carbocycles. The summed E-state index contributed by atoms with van der Waals surface area (Å²) in [5.41, 5.74) is 1.60. The molecule has 3 heteroatoms. The van der Waals surface area contributed by atoms with Gasteiger partial charge in [0.1, 0.15) is 0 Å². The number of piperazine rings is 1. The second-order valence-electron chi connectivity index (χ2n) is 3.85. The van der Waals surface area contributed by atoms with Gasteiger partial charge in [-0.2, -0.15) is 0 Å². The molecular formula is C10H19ClN2. The average molecular weight is 203 g/mol. The number of hydrogen-bond donors (Lipinski definition) is 1. The Hall–Kier alpha value is -0.0500. The molecule has 13 heavy (non-hydrogen) atoms. The van der Waals surface area contributed by atoms with Gasteiger partial charge in [-0.3, -0.25) is 4.90 Å². The average Bonchev–Trinajstić information content (AvgIpc) is 2.12. The minimum Gasteiger partial charge on any atom is -0.311 e. The SMILES string of the molecule is CC1NCC(C)N(C/C=C/Cl)C1C. The zero-order chi connectivity index (χ0) is 9.84. The lowest BCUT2D eigenvalue weighted by molar-refractivity contribution is 0.101. The van der Waals surface area contributed by atoms with Crippen molar-refractivity contribution in [3.05, 3.63) is 11.6 Å². The van der Waals surface area contributed by atoms with Crippen LogP contribution in [0.3, 0.4) is 0 Å². The van der Waals surface area contributed by atoms with Crippen molar-refractivity contribution in [2.45, 2.75) is 38.9 Å². The summed E-state index contributed by atoms with van der Waals surface area (Å²) in [5.74, 6) is 0. The molecule has 1 aliphatic heterocycles. The van der Waals surface area contributed by atoms with Crippen molar-refractivity contribution in [1.29, 1.82) is 0 Å². The second kappa shape index (κ2) is 4.99.